The van der Waals surface area contributed by atoms with Crippen molar-refractivity contribution in [1.82, 2.24) is 0 Å². The predicted octanol–water partition coefficient (Wildman–Crippen LogP) is 4.19. The van der Waals surface area contributed by atoms with Gasteiger partial charge in [0.05, 0.1) is 5.02 Å². The predicted molar refractivity (Wildman–Crippen MR) is 64.0 cm³/mol. The van der Waals surface area contributed by atoms with Gasteiger partial charge in [-0.15, -0.1) is 0 Å². The maximum atomic E-state index is 13.9. The van der Waals surface area contributed by atoms with Crippen molar-refractivity contribution >= 4 is 17.3 Å². The number of rotatable bonds is 2. The summed E-state index contributed by atoms with van der Waals surface area (Å²) in [7, 11) is 0. The molecule has 0 aromatic heterocycles. The van der Waals surface area contributed by atoms with Crippen LogP contribution < -0.4 is 5.73 Å². The van der Waals surface area contributed by atoms with Crippen molar-refractivity contribution in [3.05, 3.63) is 27.5 Å². The molecule has 0 radical (unpaired) electrons. The van der Waals surface area contributed by atoms with Gasteiger partial charge in [-0.1, -0.05) is 25.4 Å². The minimum Gasteiger partial charge on any atom is -0.398 e. The molecule has 0 aliphatic carbocycles. The van der Waals surface area contributed by atoms with Crippen molar-refractivity contribution in [3.63, 3.8) is 0 Å². The number of halogens is 2. The van der Waals surface area contributed by atoms with Crippen LogP contribution in [-0.4, -0.2) is 0 Å². The van der Waals surface area contributed by atoms with E-state index in [0.29, 0.717) is 11.3 Å². The lowest BCUT2D eigenvalue weighted by Gasteiger charge is -2.18. The van der Waals surface area contributed by atoms with Crippen LogP contribution in [0.3, 0.4) is 0 Å². The summed E-state index contributed by atoms with van der Waals surface area (Å²) in [6.07, 6.45) is 0.847. The molecule has 0 saturated heterocycles. The van der Waals surface area contributed by atoms with E-state index in [1.54, 1.807) is 6.92 Å². The molecule has 1 unspecified atom stereocenters. The van der Waals surface area contributed by atoms with Gasteiger partial charge in [-0.05, 0) is 37.3 Å². The van der Waals surface area contributed by atoms with Crippen molar-refractivity contribution < 1.29 is 4.39 Å². The maximum absolute atomic E-state index is 13.9. The van der Waals surface area contributed by atoms with Crippen molar-refractivity contribution in [1.29, 1.82) is 0 Å². The average Bonchev–Trinajstić information content (AvgIpc) is 2.23. The van der Waals surface area contributed by atoms with Crippen LogP contribution in [0.2, 0.25) is 5.02 Å². The van der Waals surface area contributed by atoms with E-state index in [-0.39, 0.29) is 16.8 Å². The van der Waals surface area contributed by atoms with E-state index >= 15 is 0 Å². The summed E-state index contributed by atoms with van der Waals surface area (Å²) in [6.45, 7) is 7.63. The lowest BCUT2D eigenvalue weighted by atomic mass is 9.92. The standard InChI is InChI=1S/C12H17ClFN/c1-5-6(2)9-11(14)10(13)7(3)8(4)12(9)15/h6H,5,15H2,1-4H3. The van der Waals surface area contributed by atoms with Crippen LogP contribution in [0, 0.1) is 19.7 Å². The van der Waals surface area contributed by atoms with Gasteiger partial charge in [0.2, 0.25) is 0 Å². The van der Waals surface area contributed by atoms with E-state index in [4.69, 9.17) is 17.3 Å². The highest BCUT2D eigenvalue weighted by Gasteiger charge is 2.20. The summed E-state index contributed by atoms with van der Waals surface area (Å²) in [5.41, 5.74) is 8.66. The molecule has 0 aliphatic rings. The van der Waals surface area contributed by atoms with E-state index in [0.717, 1.165) is 17.5 Å². The zero-order valence-electron chi connectivity index (χ0n) is 9.62. The fraction of sp³-hybridized carbons (Fsp3) is 0.500. The Morgan fingerprint density at radius 2 is 1.87 bits per heavy atom. The molecule has 2 N–H and O–H groups in total. The summed E-state index contributed by atoms with van der Waals surface area (Å²) in [5.74, 6) is -0.256. The third-order valence-corrected chi connectivity index (χ3v) is 3.57. The van der Waals surface area contributed by atoms with Gasteiger partial charge < -0.3 is 5.73 Å². The van der Waals surface area contributed by atoms with Crippen molar-refractivity contribution in [2.24, 2.45) is 0 Å². The second-order valence-corrected chi connectivity index (χ2v) is 4.39. The molecule has 1 atom stereocenters. The highest BCUT2D eigenvalue weighted by molar-refractivity contribution is 6.31. The minimum atomic E-state index is -0.355. The number of anilines is 1. The third kappa shape index (κ3) is 1.96. The molecule has 1 nitrogen and oxygen atoms in total. The molecule has 0 amide bonds. The molecule has 1 aromatic rings. The zero-order chi connectivity index (χ0) is 11.7. The molecular weight excluding hydrogens is 213 g/mol. The van der Waals surface area contributed by atoms with E-state index in [1.165, 1.54) is 0 Å². The number of hydrogen-bond acceptors (Lipinski definition) is 1. The van der Waals surface area contributed by atoms with Gasteiger partial charge in [0.15, 0.2) is 0 Å². The molecule has 84 valence electrons. The molecule has 0 bridgehead atoms. The van der Waals surface area contributed by atoms with Gasteiger partial charge in [0.25, 0.3) is 0 Å². The summed E-state index contributed by atoms with van der Waals surface area (Å²) >= 11 is 5.93. The molecule has 3 heteroatoms. The molecule has 15 heavy (non-hydrogen) atoms. The summed E-state index contributed by atoms with van der Waals surface area (Å²) in [5, 5.41) is 0.206. The first-order chi connectivity index (χ1) is 6.91. The van der Waals surface area contributed by atoms with Gasteiger partial charge in [0, 0.05) is 11.3 Å². The van der Waals surface area contributed by atoms with E-state index in [1.807, 2.05) is 20.8 Å². The highest BCUT2D eigenvalue weighted by Crippen LogP contribution is 2.36. The maximum Gasteiger partial charge on any atom is 0.147 e. The van der Waals surface area contributed by atoms with Crippen molar-refractivity contribution in [2.75, 3.05) is 5.73 Å². The van der Waals surface area contributed by atoms with Crippen molar-refractivity contribution in [3.8, 4) is 0 Å². The van der Waals surface area contributed by atoms with Gasteiger partial charge in [-0.25, -0.2) is 4.39 Å². The van der Waals surface area contributed by atoms with E-state index in [2.05, 4.69) is 0 Å². The Morgan fingerprint density at radius 3 is 2.33 bits per heavy atom. The smallest absolute Gasteiger partial charge is 0.147 e. The first-order valence-corrected chi connectivity index (χ1v) is 5.53. The van der Waals surface area contributed by atoms with Crippen LogP contribution in [-0.2, 0) is 0 Å². The van der Waals surface area contributed by atoms with Gasteiger partial charge in [0.1, 0.15) is 5.82 Å². The number of nitrogen functional groups attached to an aromatic ring is 1. The molecule has 0 spiro atoms. The SMILES string of the molecule is CCC(C)c1c(N)c(C)c(C)c(Cl)c1F. The van der Waals surface area contributed by atoms with Crippen LogP contribution in [0.25, 0.3) is 0 Å². The summed E-state index contributed by atoms with van der Waals surface area (Å²) in [4.78, 5) is 0. The Balaban J connectivity index is 3.52. The van der Waals surface area contributed by atoms with Crippen LogP contribution >= 0.6 is 11.6 Å². The molecule has 0 aliphatic heterocycles. The third-order valence-electron chi connectivity index (χ3n) is 3.12. The Hall–Kier alpha value is -0.760. The normalized spacial score (nSPS) is 12.9. The minimum absolute atomic E-state index is 0.0989. The Bertz CT molecular complexity index is 359. The van der Waals surface area contributed by atoms with Crippen LogP contribution in [0.1, 0.15) is 42.9 Å². The first kappa shape index (κ1) is 12.3. The fourth-order valence-corrected chi connectivity index (χ4v) is 1.90. The van der Waals surface area contributed by atoms with Crippen LogP contribution in [0.4, 0.5) is 10.1 Å². The molecule has 1 rings (SSSR count). The molecule has 0 saturated carbocycles. The lowest BCUT2D eigenvalue weighted by Crippen LogP contribution is -2.07. The van der Waals surface area contributed by atoms with Gasteiger partial charge >= 0.3 is 0 Å². The van der Waals surface area contributed by atoms with Gasteiger partial charge in [-0.2, -0.15) is 0 Å². The summed E-state index contributed by atoms with van der Waals surface area (Å²) in [6, 6.07) is 0. The zero-order valence-corrected chi connectivity index (χ0v) is 10.4. The topological polar surface area (TPSA) is 26.0 Å². The molecule has 1 aromatic carbocycles. The van der Waals surface area contributed by atoms with E-state index in [9.17, 15) is 4.39 Å². The Kier molecular flexibility index (Phi) is 3.61. The fourth-order valence-electron chi connectivity index (χ4n) is 1.66. The average molecular weight is 230 g/mol. The second-order valence-electron chi connectivity index (χ2n) is 4.01. The Morgan fingerprint density at radius 1 is 1.33 bits per heavy atom. The molecule has 0 fully saturated rings. The largest absolute Gasteiger partial charge is 0.398 e. The summed E-state index contributed by atoms with van der Waals surface area (Å²) < 4.78 is 13.9. The molecule has 0 heterocycles. The lowest BCUT2D eigenvalue weighted by molar-refractivity contribution is 0.584. The van der Waals surface area contributed by atoms with Crippen LogP contribution in [0.15, 0.2) is 0 Å². The second kappa shape index (κ2) is 4.40. The van der Waals surface area contributed by atoms with E-state index < -0.39 is 0 Å². The number of benzene rings is 1. The quantitative estimate of drug-likeness (QED) is 0.756. The molecular formula is C12H17ClFN. The Labute approximate surface area is 95.4 Å². The highest BCUT2D eigenvalue weighted by atomic mass is 35.5. The van der Waals surface area contributed by atoms with Gasteiger partial charge in [-0.3, -0.25) is 0 Å². The van der Waals surface area contributed by atoms with Crippen molar-refractivity contribution in [2.45, 2.75) is 40.0 Å². The van der Waals surface area contributed by atoms with Crippen LogP contribution in [0.5, 0.6) is 0 Å². The monoisotopic (exact) mass is 229 g/mol. The number of nitrogens with two attached hydrogens (primary N) is 1. The number of hydrogen-bond donors (Lipinski definition) is 1. The first-order valence-electron chi connectivity index (χ1n) is 5.15.